The molecule has 0 aliphatic heterocycles. The van der Waals surface area contributed by atoms with E-state index in [1.165, 1.54) is 24.0 Å². The molecular weight excluding hydrogens is 620 g/mol. The SMILES string of the molecule is NC1C2CC3CC(CC1(O)C3)C2c1ccc(Oc2cccc(-c3ccccc3)c2Oc2ccc(C3C4CC5CC3C(N)C(O)(C5)C4)cc2)cc1. The van der Waals surface area contributed by atoms with Gasteiger partial charge in [0.1, 0.15) is 11.5 Å². The number of benzene rings is 4. The van der Waals surface area contributed by atoms with Gasteiger partial charge in [0.05, 0.1) is 11.2 Å². The highest BCUT2D eigenvalue weighted by Crippen LogP contribution is 2.62. The molecular formula is C44H48N2O4. The lowest BCUT2D eigenvalue weighted by molar-refractivity contribution is -0.150. The summed E-state index contributed by atoms with van der Waals surface area (Å²) in [5.41, 5.74) is 16.6. The molecule has 8 aliphatic rings. The maximum atomic E-state index is 11.3. The Balaban J connectivity index is 0.924. The zero-order valence-corrected chi connectivity index (χ0v) is 28.5. The van der Waals surface area contributed by atoms with Gasteiger partial charge >= 0.3 is 0 Å². The third kappa shape index (κ3) is 4.90. The molecule has 4 aromatic rings. The number of hydrogen-bond acceptors (Lipinski definition) is 6. The molecule has 6 N–H and O–H groups in total. The highest BCUT2D eigenvalue weighted by atomic mass is 16.5. The van der Waals surface area contributed by atoms with Crippen LogP contribution in [0.15, 0.2) is 97.1 Å². The molecule has 0 spiro atoms. The molecule has 8 bridgehead atoms. The fourth-order valence-corrected chi connectivity index (χ4v) is 12.4. The summed E-state index contributed by atoms with van der Waals surface area (Å²) in [4.78, 5) is 0. The first-order valence-electron chi connectivity index (χ1n) is 18.9. The van der Waals surface area contributed by atoms with E-state index in [1.807, 2.05) is 30.3 Å². The molecule has 6 heteroatoms. The zero-order chi connectivity index (χ0) is 33.8. The van der Waals surface area contributed by atoms with Crippen molar-refractivity contribution in [1.29, 1.82) is 0 Å². The van der Waals surface area contributed by atoms with E-state index in [1.54, 1.807) is 0 Å². The second-order valence-corrected chi connectivity index (χ2v) is 17.0. The molecule has 0 aromatic heterocycles. The van der Waals surface area contributed by atoms with E-state index in [2.05, 4.69) is 66.7 Å². The Morgan fingerprint density at radius 2 is 1.06 bits per heavy atom. The summed E-state index contributed by atoms with van der Waals surface area (Å²) in [6.45, 7) is 0. The van der Waals surface area contributed by atoms with E-state index in [0.717, 1.165) is 61.2 Å². The quantitative estimate of drug-likeness (QED) is 0.158. The van der Waals surface area contributed by atoms with Crippen molar-refractivity contribution in [3.05, 3.63) is 108 Å². The van der Waals surface area contributed by atoms with Gasteiger partial charge in [0.15, 0.2) is 11.5 Å². The highest BCUT2D eigenvalue weighted by Gasteiger charge is 2.60. The first-order valence-corrected chi connectivity index (χ1v) is 18.9. The van der Waals surface area contributed by atoms with Crippen LogP contribution in [0.2, 0.25) is 0 Å². The van der Waals surface area contributed by atoms with Crippen molar-refractivity contribution in [2.75, 3.05) is 0 Å². The predicted molar refractivity (Wildman–Crippen MR) is 194 cm³/mol. The molecule has 12 atom stereocenters. The van der Waals surface area contributed by atoms with E-state index < -0.39 is 11.2 Å². The summed E-state index contributed by atoms with van der Waals surface area (Å²) < 4.78 is 13.4. The molecule has 0 radical (unpaired) electrons. The number of nitrogens with two attached hydrogens (primary N) is 2. The summed E-state index contributed by atoms with van der Waals surface area (Å²) in [6, 6.07) is 33.2. The van der Waals surface area contributed by atoms with Crippen molar-refractivity contribution in [1.82, 2.24) is 0 Å². The Morgan fingerprint density at radius 3 is 1.60 bits per heavy atom. The zero-order valence-electron chi connectivity index (χ0n) is 28.5. The number of para-hydroxylation sites is 1. The lowest BCUT2D eigenvalue weighted by atomic mass is 9.47. The van der Waals surface area contributed by atoms with Gasteiger partial charge < -0.3 is 31.2 Å². The van der Waals surface area contributed by atoms with Gasteiger partial charge in [-0.25, -0.2) is 0 Å². The molecule has 0 saturated heterocycles. The molecule has 8 aliphatic carbocycles. The summed E-state index contributed by atoms with van der Waals surface area (Å²) in [7, 11) is 0. The van der Waals surface area contributed by atoms with Crippen LogP contribution in [0, 0.1) is 35.5 Å². The van der Waals surface area contributed by atoms with Gasteiger partial charge in [-0.05, 0) is 146 Å². The Bertz CT molecular complexity index is 1900. The van der Waals surface area contributed by atoms with Gasteiger partial charge in [-0.2, -0.15) is 0 Å². The fraction of sp³-hybridized carbons (Fsp3) is 0.455. The van der Waals surface area contributed by atoms with Gasteiger partial charge in [0, 0.05) is 17.6 Å². The van der Waals surface area contributed by atoms with Crippen LogP contribution in [-0.4, -0.2) is 33.5 Å². The van der Waals surface area contributed by atoms with Crippen LogP contribution in [0.4, 0.5) is 0 Å². The fourth-order valence-electron chi connectivity index (χ4n) is 12.4. The van der Waals surface area contributed by atoms with Crippen molar-refractivity contribution in [2.45, 2.75) is 86.5 Å². The van der Waals surface area contributed by atoms with Crippen molar-refractivity contribution in [3.8, 4) is 34.1 Å². The van der Waals surface area contributed by atoms with E-state index >= 15 is 0 Å². The standard InChI is InChI=1S/C44H48N2O4/c45-41-35-19-25-17-30(23-43(41,47)21-25)38(35)28-9-13-32(14-10-28)49-37-8-4-7-34(27-5-2-1-3-6-27)40(37)50-33-15-11-29(12-16-33)39-31-18-26-20-36(39)42(46)44(48,22-26)24-31/h1-16,25-26,30-31,35-36,38-39,41-42,47-48H,17-24,45-46H2. The summed E-state index contributed by atoms with van der Waals surface area (Å²) in [6.07, 6.45) is 8.01. The third-order valence-electron chi connectivity index (χ3n) is 14.1. The first-order chi connectivity index (χ1) is 24.2. The van der Waals surface area contributed by atoms with Crippen LogP contribution in [0.1, 0.15) is 74.3 Å². The van der Waals surface area contributed by atoms with Gasteiger partial charge in [0.25, 0.3) is 0 Å². The smallest absolute Gasteiger partial charge is 0.177 e. The number of ether oxygens (including phenoxy) is 2. The van der Waals surface area contributed by atoms with Crippen LogP contribution in [0.5, 0.6) is 23.0 Å². The maximum Gasteiger partial charge on any atom is 0.177 e. The normalized spacial score (nSPS) is 39.1. The topological polar surface area (TPSA) is 111 Å². The van der Waals surface area contributed by atoms with Crippen molar-refractivity contribution in [2.24, 2.45) is 47.0 Å². The van der Waals surface area contributed by atoms with Crippen LogP contribution in [0.3, 0.4) is 0 Å². The second kappa shape index (κ2) is 11.4. The second-order valence-electron chi connectivity index (χ2n) is 17.0. The molecule has 6 nitrogen and oxygen atoms in total. The Morgan fingerprint density at radius 1 is 0.540 bits per heavy atom. The average molecular weight is 669 g/mol. The maximum absolute atomic E-state index is 11.3. The van der Waals surface area contributed by atoms with Crippen LogP contribution in [0.25, 0.3) is 11.1 Å². The van der Waals surface area contributed by atoms with Gasteiger partial charge in [-0.3, -0.25) is 0 Å². The van der Waals surface area contributed by atoms with Crippen molar-refractivity contribution in [3.63, 3.8) is 0 Å². The van der Waals surface area contributed by atoms with E-state index in [0.29, 0.717) is 58.8 Å². The van der Waals surface area contributed by atoms with Crippen LogP contribution < -0.4 is 20.9 Å². The lowest BCUT2D eigenvalue weighted by Gasteiger charge is -2.61. The Hall–Kier alpha value is -3.68. The minimum absolute atomic E-state index is 0.149. The molecule has 12 unspecified atom stereocenters. The summed E-state index contributed by atoms with van der Waals surface area (Å²) in [5.74, 6) is 6.46. The van der Waals surface area contributed by atoms with Gasteiger partial charge in [0.2, 0.25) is 0 Å². The van der Waals surface area contributed by atoms with Gasteiger partial charge in [-0.1, -0.05) is 66.7 Å². The third-order valence-corrected chi connectivity index (χ3v) is 14.1. The molecule has 258 valence electrons. The highest BCUT2D eigenvalue weighted by molar-refractivity contribution is 5.74. The lowest BCUT2D eigenvalue weighted by Crippen LogP contribution is -2.66. The summed E-state index contributed by atoms with van der Waals surface area (Å²) in [5, 5.41) is 22.5. The number of aliphatic hydroxyl groups is 2. The monoisotopic (exact) mass is 668 g/mol. The molecule has 50 heavy (non-hydrogen) atoms. The molecule has 8 fully saturated rings. The Kier molecular flexibility index (Phi) is 7.10. The molecule has 0 amide bonds. The molecule has 0 heterocycles. The van der Waals surface area contributed by atoms with Crippen LogP contribution >= 0.6 is 0 Å². The molecule has 12 rings (SSSR count). The number of rotatable bonds is 7. The minimum atomic E-state index is -0.681. The molecule has 4 aromatic carbocycles. The number of hydrogen-bond donors (Lipinski definition) is 4. The largest absolute Gasteiger partial charge is 0.453 e. The summed E-state index contributed by atoms with van der Waals surface area (Å²) >= 11 is 0. The van der Waals surface area contributed by atoms with Crippen molar-refractivity contribution < 1.29 is 19.7 Å². The van der Waals surface area contributed by atoms with E-state index in [4.69, 9.17) is 20.9 Å². The predicted octanol–water partition coefficient (Wildman–Crippen LogP) is 8.12. The van der Waals surface area contributed by atoms with E-state index in [-0.39, 0.29) is 12.1 Å². The van der Waals surface area contributed by atoms with E-state index in [9.17, 15) is 10.2 Å². The van der Waals surface area contributed by atoms with Crippen LogP contribution in [-0.2, 0) is 0 Å². The molecule has 8 saturated carbocycles. The Labute approximate surface area is 294 Å². The van der Waals surface area contributed by atoms with Crippen molar-refractivity contribution >= 4 is 0 Å². The average Bonchev–Trinajstić information content (AvgIpc) is 3.11. The van der Waals surface area contributed by atoms with Gasteiger partial charge in [-0.15, -0.1) is 0 Å². The minimum Gasteiger partial charge on any atom is -0.453 e. The first kappa shape index (κ1) is 31.1.